The van der Waals surface area contributed by atoms with Crippen LogP contribution in [-0.4, -0.2) is 34.0 Å². The summed E-state index contributed by atoms with van der Waals surface area (Å²) in [6.07, 6.45) is 0. The first-order chi connectivity index (χ1) is 12.5. The highest BCUT2D eigenvalue weighted by atomic mass is 127. The van der Waals surface area contributed by atoms with E-state index in [-0.39, 0.29) is 22.5 Å². The molecule has 142 valence electrons. The summed E-state index contributed by atoms with van der Waals surface area (Å²) < 4.78 is 5.62. The van der Waals surface area contributed by atoms with Crippen molar-refractivity contribution >= 4 is 68.5 Å². The Bertz CT molecular complexity index is 884. The summed E-state index contributed by atoms with van der Waals surface area (Å²) in [5, 5.41) is 29.4. The number of ether oxygens (including phenoxy) is 1. The van der Waals surface area contributed by atoms with Gasteiger partial charge in [0.25, 0.3) is 11.4 Å². The molecule has 0 saturated carbocycles. The Kier molecular flexibility index (Phi) is 8.48. The number of benzene rings is 2. The second-order valence-electron chi connectivity index (χ2n) is 4.71. The van der Waals surface area contributed by atoms with Gasteiger partial charge in [-0.3, -0.25) is 20.2 Å². The van der Waals surface area contributed by atoms with Crippen molar-refractivity contribution in [3.05, 3.63) is 74.9 Å². The van der Waals surface area contributed by atoms with Gasteiger partial charge in [-0.05, 0) is 57.3 Å². The lowest BCUT2D eigenvalue weighted by atomic mass is 10.2. The highest BCUT2D eigenvalue weighted by Gasteiger charge is 2.14. The summed E-state index contributed by atoms with van der Waals surface area (Å²) in [4.78, 5) is 41.2. The first kappa shape index (κ1) is 22.7. The van der Waals surface area contributed by atoms with E-state index < -0.39 is 21.8 Å². The fraction of sp³-hybridized carbons (Fsp3) is 0.0667. The Morgan fingerprint density at radius 1 is 0.889 bits per heavy atom. The van der Waals surface area contributed by atoms with Crippen LogP contribution in [0.15, 0.2) is 36.4 Å². The van der Waals surface area contributed by atoms with Crippen LogP contribution in [0.3, 0.4) is 0 Å². The van der Waals surface area contributed by atoms with Crippen molar-refractivity contribution in [1.82, 2.24) is 0 Å². The lowest BCUT2D eigenvalue weighted by molar-refractivity contribution is -0.385. The smallest absolute Gasteiger partial charge is 0.338 e. The maximum Gasteiger partial charge on any atom is 0.338 e. The largest absolute Gasteiger partial charge is 0.478 e. The van der Waals surface area contributed by atoms with E-state index in [0.29, 0.717) is 7.14 Å². The Balaban J connectivity index is 0.000000271. The van der Waals surface area contributed by atoms with Gasteiger partial charge in [0.15, 0.2) is 0 Å². The summed E-state index contributed by atoms with van der Waals surface area (Å²) in [5.74, 6) is -1.74. The molecule has 1 N–H and O–H groups in total. The second kappa shape index (κ2) is 10.1. The van der Waals surface area contributed by atoms with Gasteiger partial charge in [0.2, 0.25) is 0 Å². The normalized spacial score (nSPS) is 9.59. The fourth-order valence-electron chi connectivity index (χ4n) is 1.72. The molecule has 0 radical (unpaired) electrons. The molecule has 2 aromatic carbocycles. The Labute approximate surface area is 179 Å². The van der Waals surface area contributed by atoms with Gasteiger partial charge in [0.1, 0.15) is 0 Å². The van der Waals surface area contributed by atoms with Crippen LogP contribution in [0.25, 0.3) is 0 Å². The van der Waals surface area contributed by atoms with Crippen molar-refractivity contribution < 1.29 is 29.3 Å². The molecule has 2 rings (SSSR count). The number of carboxylic acid groups (broad SMARTS) is 1. The van der Waals surface area contributed by atoms with Crippen LogP contribution < -0.4 is 0 Å². The van der Waals surface area contributed by atoms with E-state index in [1.165, 1.54) is 37.4 Å². The van der Waals surface area contributed by atoms with Crippen molar-refractivity contribution in [3.63, 3.8) is 0 Å². The van der Waals surface area contributed by atoms with Gasteiger partial charge < -0.3 is 9.84 Å². The zero-order valence-electron chi connectivity index (χ0n) is 13.4. The van der Waals surface area contributed by atoms with Gasteiger partial charge in [0, 0.05) is 31.4 Å². The fourth-order valence-corrected chi connectivity index (χ4v) is 3.03. The van der Waals surface area contributed by atoms with Crippen LogP contribution in [0.1, 0.15) is 20.7 Å². The van der Waals surface area contributed by atoms with Gasteiger partial charge in [-0.25, -0.2) is 9.59 Å². The lowest BCUT2D eigenvalue weighted by Gasteiger charge is -1.99. The molecule has 0 saturated heterocycles. The Hall–Kier alpha value is -2.36. The molecule has 0 heterocycles. The SMILES string of the molecule is COC(=O)c1cc(I)cc([N+](=O)[O-])c1.O=C(O)c1cc(I)cc([N+](=O)[O-])c1. The maximum atomic E-state index is 11.1. The highest BCUT2D eigenvalue weighted by molar-refractivity contribution is 14.1. The average Bonchev–Trinajstić information content (AvgIpc) is 2.60. The number of esters is 1. The number of carboxylic acids is 1. The summed E-state index contributed by atoms with van der Waals surface area (Å²) in [6, 6.07) is 7.81. The predicted molar refractivity (Wildman–Crippen MR) is 110 cm³/mol. The molecule has 10 nitrogen and oxygen atoms in total. The van der Waals surface area contributed by atoms with E-state index in [0.717, 1.165) is 6.07 Å². The first-order valence-electron chi connectivity index (χ1n) is 6.76. The minimum atomic E-state index is -1.17. The molecule has 0 spiro atoms. The van der Waals surface area contributed by atoms with E-state index in [2.05, 4.69) is 4.74 Å². The molecule has 0 atom stereocenters. The molecule has 0 aliphatic carbocycles. The van der Waals surface area contributed by atoms with Crippen LogP contribution >= 0.6 is 45.2 Å². The minimum absolute atomic E-state index is 0.0707. The van der Waals surface area contributed by atoms with E-state index in [9.17, 15) is 29.8 Å². The van der Waals surface area contributed by atoms with Crippen molar-refractivity contribution in [1.29, 1.82) is 0 Å². The molecule has 12 heteroatoms. The number of rotatable bonds is 4. The van der Waals surface area contributed by atoms with E-state index in [1.807, 2.05) is 45.2 Å². The first-order valence-corrected chi connectivity index (χ1v) is 8.92. The average molecular weight is 600 g/mol. The quantitative estimate of drug-likeness (QED) is 0.241. The topological polar surface area (TPSA) is 150 Å². The number of nitro groups is 2. The van der Waals surface area contributed by atoms with Gasteiger partial charge in [-0.2, -0.15) is 0 Å². The summed E-state index contributed by atoms with van der Waals surface area (Å²) in [5.41, 5.74) is -0.202. The molecular weight excluding hydrogens is 590 g/mol. The lowest BCUT2D eigenvalue weighted by Crippen LogP contribution is -2.02. The molecule has 0 aromatic heterocycles. The van der Waals surface area contributed by atoms with Crippen LogP contribution in [0.2, 0.25) is 0 Å². The van der Waals surface area contributed by atoms with Crippen LogP contribution in [0, 0.1) is 27.4 Å². The number of nitro benzene ring substituents is 2. The molecule has 0 bridgehead atoms. The molecule has 0 fully saturated rings. The third kappa shape index (κ3) is 7.05. The number of halogens is 2. The number of methoxy groups -OCH3 is 1. The van der Waals surface area contributed by atoms with Gasteiger partial charge in [0.05, 0.1) is 28.1 Å². The highest BCUT2D eigenvalue weighted by Crippen LogP contribution is 2.19. The molecular formula is C15H10I2N2O8. The third-order valence-corrected chi connectivity index (χ3v) is 4.10. The molecule has 0 aliphatic rings. The molecule has 0 unspecified atom stereocenters. The zero-order chi connectivity index (χ0) is 20.7. The number of non-ortho nitro benzene ring substituents is 2. The minimum Gasteiger partial charge on any atom is -0.478 e. The van der Waals surface area contributed by atoms with Crippen molar-refractivity contribution in [3.8, 4) is 0 Å². The number of carbonyl (C=O) groups is 2. The molecule has 2 aromatic rings. The summed E-state index contributed by atoms with van der Waals surface area (Å²) in [6.45, 7) is 0. The summed E-state index contributed by atoms with van der Waals surface area (Å²) in [7, 11) is 1.23. The third-order valence-electron chi connectivity index (χ3n) is 2.85. The van der Waals surface area contributed by atoms with E-state index in [4.69, 9.17) is 5.11 Å². The van der Waals surface area contributed by atoms with Gasteiger partial charge in [-0.15, -0.1) is 0 Å². The van der Waals surface area contributed by atoms with Crippen molar-refractivity contribution in [2.24, 2.45) is 0 Å². The number of hydrogen-bond donors (Lipinski definition) is 1. The monoisotopic (exact) mass is 600 g/mol. The van der Waals surface area contributed by atoms with Crippen LogP contribution in [0.4, 0.5) is 11.4 Å². The summed E-state index contributed by atoms with van der Waals surface area (Å²) >= 11 is 3.73. The predicted octanol–water partition coefficient (Wildman–Crippen LogP) is 3.88. The van der Waals surface area contributed by atoms with Crippen LogP contribution in [0.5, 0.6) is 0 Å². The standard InChI is InChI=1S/C8H6INO4.C7H4INO4/c1-14-8(11)5-2-6(9)4-7(3-5)10(12)13;8-5-1-4(7(10)11)2-6(3-5)9(12)13/h2-4H,1H3;1-3H,(H,10,11). The Morgan fingerprint density at radius 2 is 1.30 bits per heavy atom. The van der Waals surface area contributed by atoms with E-state index in [1.54, 1.807) is 0 Å². The Morgan fingerprint density at radius 3 is 1.67 bits per heavy atom. The second-order valence-corrected chi connectivity index (χ2v) is 7.20. The molecule has 0 amide bonds. The number of aromatic carboxylic acids is 1. The van der Waals surface area contributed by atoms with Crippen LogP contribution in [-0.2, 0) is 4.74 Å². The number of hydrogen-bond acceptors (Lipinski definition) is 7. The maximum absolute atomic E-state index is 11.1. The van der Waals surface area contributed by atoms with Gasteiger partial charge >= 0.3 is 11.9 Å². The zero-order valence-corrected chi connectivity index (χ0v) is 17.7. The van der Waals surface area contributed by atoms with Gasteiger partial charge in [-0.1, -0.05) is 0 Å². The molecule has 27 heavy (non-hydrogen) atoms. The number of nitrogens with zero attached hydrogens (tertiary/aromatic N) is 2. The molecule has 0 aliphatic heterocycles. The van der Waals surface area contributed by atoms with Crippen molar-refractivity contribution in [2.45, 2.75) is 0 Å². The van der Waals surface area contributed by atoms with Crippen molar-refractivity contribution in [2.75, 3.05) is 7.11 Å². The van der Waals surface area contributed by atoms with E-state index >= 15 is 0 Å². The number of carbonyl (C=O) groups excluding carboxylic acids is 1.